The predicted octanol–water partition coefficient (Wildman–Crippen LogP) is 6.14. The number of rotatable bonds is 11. The van der Waals surface area contributed by atoms with Crippen molar-refractivity contribution in [2.45, 2.75) is 65.9 Å². The van der Waals surface area contributed by atoms with Crippen LogP contribution in [-0.4, -0.2) is 11.2 Å². The van der Waals surface area contributed by atoms with Crippen LogP contribution in [0.1, 0.15) is 59.8 Å². The van der Waals surface area contributed by atoms with Gasteiger partial charge in [0.05, 0.1) is 6.10 Å². The van der Waals surface area contributed by atoms with Gasteiger partial charge in [-0.2, -0.15) is 0 Å². The molecule has 0 heterocycles. The molecule has 0 aromatic carbocycles. The number of allylic oxidation sites excluding steroid dienone is 9. The van der Waals surface area contributed by atoms with E-state index in [1.165, 1.54) is 11.1 Å². The van der Waals surface area contributed by atoms with E-state index in [1.54, 1.807) is 0 Å². The second-order valence-corrected chi connectivity index (χ2v) is 6.13. The molecular weight excluding hydrogens is 268 g/mol. The highest BCUT2D eigenvalue weighted by Crippen LogP contribution is 2.09. The number of aliphatic hydroxyl groups excluding tert-OH is 1. The summed E-state index contributed by atoms with van der Waals surface area (Å²) in [5, 5.41) is 9.39. The smallest absolute Gasteiger partial charge is 0.0540 e. The van der Waals surface area contributed by atoms with Crippen molar-refractivity contribution < 1.29 is 5.11 Å². The third-order valence-electron chi connectivity index (χ3n) is 3.70. The van der Waals surface area contributed by atoms with Crippen molar-refractivity contribution in [2.75, 3.05) is 0 Å². The van der Waals surface area contributed by atoms with Crippen LogP contribution in [0.15, 0.2) is 60.3 Å². The van der Waals surface area contributed by atoms with Gasteiger partial charge in [-0.3, -0.25) is 0 Å². The highest BCUT2D eigenvalue weighted by molar-refractivity contribution is 5.21. The Bertz CT molecular complexity index is 408. The van der Waals surface area contributed by atoms with Crippen LogP contribution in [0.4, 0.5) is 0 Å². The number of hydrogen-bond donors (Lipinski definition) is 1. The number of aliphatic hydroxyl groups is 1. The fourth-order valence-electron chi connectivity index (χ4n) is 1.89. The number of hydrogen-bond acceptors (Lipinski definition) is 1. The average molecular weight is 303 g/mol. The Morgan fingerprint density at radius 1 is 1.09 bits per heavy atom. The van der Waals surface area contributed by atoms with E-state index in [9.17, 15) is 5.11 Å². The second kappa shape index (κ2) is 13.3. The van der Waals surface area contributed by atoms with Crippen LogP contribution in [-0.2, 0) is 0 Å². The molecule has 22 heavy (non-hydrogen) atoms. The van der Waals surface area contributed by atoms with Crippen molar-refractivity contribution in [3.8, 4) is 0 Å². The van der Waals surface area contributed by atoms with Gasteiger partial charge in [-0.05, 0) is 45.4 Å². The molecule has 0 aliphatic carbocycles. The van der Waals surface area contributed by atoms with Gasteiger partial charge in [-0.15, -0.1) is 0 Å². The Labute approximate surface area is 137 Å². The lowest BCUT2D eigenvalue weighted by molar-refractivity contribution is 0.136. The summed E-state index contributed by atoms with van der Waals surface area (Å²) in [5.41, 5.74) is 2.58. The third-order valence-corrected chi connectivity index (χ3v) is 3.70. The van der Waals surface area contributed by atoms with Crippen molar-refractivity contribution in [1.82, 2.24) is 0 Å². The molecule has 0 radical (unpaired) electrons. The Morgan fingerprint density at radius 3 is 2.41 bits per heavy atom. The third kappa shape index (κ3) is 12.4. The van der Waals surface area contributed by atoms with Gasteiger partial charge in [0, 0.05) is 0 Å². The fourth-order valence-corrected chi connectivity index (χ4v) is 1.89. The summed E-state index contributed by atoms with van der Waals surface area (Å²) in [6.07, 6.45) is 19.9. The first-order valence-corrected chi connectivity index (χ1v) is 8.48. The Morgan fingerprint density at radius 2 is 1.77 bits per heavy atom. The maximum Gasteiger partial charge on any atom is 0.0540 e. The van der Waals surface area contributed by atoms with E-state index in [0.717, 1.165) is 32.1 Å². The molecule has 0 aromatic heterocycles. The van der Waals surface area contributed by atoms with E-state index in [0.29, 0.717) is 5.92 Å². The summed E-state index contributed by atoms with van der Waals surface area (Å²) in [6, 6.07) is 0. The van der Waals surface area contributed by atoms with Gasteiger partial charge in [-0.25, -0.2) is 0 Å². The highest BCUT2D eigenvalue weighted by Gasteiger charge is 2.04. The van der Waals surface area contributed by atoms with Crippen LogP contribution in [0, 0.1) is 5.92 Å². The molecule has 0 spiro atoms. The van der Waals surface area contributed by atoms with Gasteiger partial charge >= 0.3 is 0 Å². The molecule has 0 amide bonds. The molecule has 2 unspecified atom stereocenters. The first-order chi connectivity index (χ1) is 10.5. The Balaban J connectivity index is 3.92. The summed E-state index contributed by atoms with van der Waals surface area (Å²) in [5.74, 6) is 0.323. The van der Waals surface area contributed by atoms with E-state index in [2.05, 4.69) is 69.9 Å². The fraction of sp³-hybridized carbons (Fsp3) is 0.524. The SMILES string of the molecule is C=C(/C=C/C=C(\C)CC/C=C/C=C/CC(C)C(C)O)CCC. The van der Waals surface area contributed by atoms with E-state index in [-0.39, 0.29) is 6.10 Å². The standard InChI is InChI=1S/C21H34O/c1-6-13-18(2)15-12-16-19(3)14-10-8-7-9-11-17-20(4)21(5)22/h7-9,11-12,15-16,20-22H,2,6,10,13-14,17H2,1,3-5H3/b8-7+,11-9+,15-12+,19-16+. The molecule has 0 fully saturated rings. The first-order valence-electron chi connectivity index (χ1n) is 8.48. The lowest BCUT2D eigenvalue weighted by Crippen LogP contribution is -2.11. The van der Waals surface area contributed by atoms with Crippen LogP contribution in [0.3, 0.4) is 0 Å². The molecule has 1 N–H and O–H groups in total. The van der Waals surface area contributed by atoms with E-state index in [1.807, 2.05) is 6.92 Å². The lowest BCUT2D eigenvalue weighted by Gasteiger charge is -2.10. The Hall–Kier alpha value is -1.34. The monoisotopic (exact) mass is 302 g/mol. The van der Waals surface area contributed by atoms with Crippen molar-refractivity contribution in [1.29, 1.82) is 0 Å². The predicted molar refractivity (Wildman–Crippen MR) is 99.9 cm³/mol. The summed E-state index contributed by atoms with van der Waals surface area (Å²) in [7, 11) is 0. The summed E-state index contributed by atoms with van der Waals surface area (Å²) in [4.78, 5) is 0. The van der Waals surface area contributed by atoms with Crippen LogP contribution in [0.2, 0.25) is 0 Å². The van der Waals surface area contributed by atoms with E-state index < -0.39 is 0 Å². The van der Waals surface area contributed by atoms with Gasteiger partial charge < -0.3 is 5.11 Å². The maximum atomic E-state index is 9.39. The average Bonchev–Trinajstić information content (AvgIpc) is 2.46. The zero-order chi connectivity index (χ0) is 16.8. The zero-order valence-corrected chi connectivity index (χ0v) is 14.9. The molecule has 0 bridgehead atoms. The lowest BCUT2D eigenvalue weighted by atomic mass is 10.0. The first kappa shape index (κ1) is 20.7. The molecule has 0 rings (SSSR count). The maximum absolute atomic E-state index is 9.39. The van der Waals surface area contributed by atoms with Crippen molar-refractivity contribution in [3.05, 3.63) is 60.3 Å². The minimum Gasteiger partial charge on any atom is -0.393 e. The van der Waals surface area contributed by atoms with Gasteiger partial charge in [0.25, 0.3) is 0 Å². The topological polar surface area (TPSA) is 20.2 Å². The minimum atomic E-state index is -0.233. The van der Waals surface area contributed by atoms with E-state index >= 15 is 0 Å². The normalized spacial score (nSPS) is 16.0. The largest absolute Gasteiger partial charge is 0.393 e. The Kier molecular flexibility index (Phi) is 12.5. The molecule has 124 valence electrons. The molecule has 2 atom stereocenters. The molecular formula is C21H34O. The van der Waals surface area contributed by atoms with Gasteiger partial charge in [-0.1, -0.05) is 80.5 Å². The van der Waals surface area contributed by atoms with E-state index in [4.69, 9.17) is 0 Å². The molecule has 1 nitrogen and oxygen atoms in total. The van der Waals surface area contributed by atoms with Gasteiger partial charge in [0.1, 0.15) is 0 Å². The zero-order valence-electron chi connectivity index (χ0n) is 14.9. The van der Waals surface area contributed by atoms with Crippen LogP contribution in [0.5, 0.6) is 0 Å². The van der Waals surface area contributed by atoms with Crippen molar-refractivity contribution >= 4 is 0 Å². The molecule has 1 heteroatoms. The second-order valence-electron chi connectivity index (χ2n) is 6.13. The van der Waals surface area contributed by atoms with Crippen molar-refractivity contribution in [3.63, 3.8) is 0 Å². The molecule has 0 aliphatic rings. The van der Waals surface area contributed by atoms with Gasteiger partial charge in [0.15, 0.2) is 0 Å². The molecule has 0 saturated heterocycles. The minimum absolute atomic E-state index is 0.233. The quantitative estimate of drug-likeness (QED) is 0.454. The van der Waals surface area contributed by atoms with Crippen LogP contribution in [0.25, 0.3) is 0 Å². The molecule has 0 aliphatic heterocycles. The molecule has 0 saturated carbocycles. The molecule has 0 aromatic rings. The van der Waals surface area contributed by atoms with Gasteiger partial charge in [0.2, 0.25) is 0 Å². The summed E-state index contributed by atoms with van der Waals surface area (Å²) < 4.78 is 0. The summed E-state index contributed by atoms with van der Waals surface area (Å²) >= 11 is 0. The van der Waals surface area contributed by atoms with Crippen LogP contribution < -0.4 is 0 Å². The van der Waals surface area contributed by atoms with Crippen molar-refractivity contribution in [2.24, 2.45) is 5.92 Å². The highest BCUT2D eigenvalue weighted by atomic mass is 16.3. The van der Waals surface area contributed by atoms with Crippen LogP contribution >= 0.6 is 0 Å². The summed E-state index contributed by atoms with van der Waals surface area (Å²) in [6.45, 7) is 12.3.